The van der Waals surface area contributed by atoms with Gasteiger partial charge in [-0.05, 0) is 49.2 Å². The molecule has 7 heteroatoms. The number of aryl methyl sites for hydroxylation is 1. The normalized spacial score (nSPS) is 10.9. The molecule has 0 bridgehead atoms. The van der Waals surface area contributed by atoms with Gasteiger partial charge in [-0.25, -0.2) is 4.39 Å². The van der Waals surface area contributed by atoms with Crippen LogP contribution < -0.4 is 5.32 Å². The fraction of sp³-hybridized carbons (Fsp3) is 0.238. The maximum absolute atomic E-state index is 14.1. The van der Waals surface area contributed by atoms with Crippen LogP contribution in [0.15, 0.2) is 42.5 Å². The molecule has 3 rings (SSSR count). The van der Waals surface area contributed by atoms with Crippen LogP contribution in [0.25, 0.3) is 10.1 Å². The molecule has 1 aromatic heterocycles. The van der Waals surface area contributed by atoms with Gasteiger partial charge in [-0.2, -0.15) is 0 Å². The van der Waals surface area contributed by atoms with Crippen molar-refractivity contribution in [2.24, 2.45) is 0 Å². The highest BCUT2D eigenvalue weighted by atomic mass is 35.5. The largest absolute Gasteiger partial charge is 0.350 e. The second kappa shape index (κ2) is 8.71. The first kappa shape index (κ1) is 20.3. The van der Waals surface area contributed by atoms with E-state index in [-0.39, 0.29) is 24.2 Å². The Hall–Kier alpha value is -2.44. The molecule has 2 amide bonds. The van der Waals surface area contributed by atoms with E-state index in [4.69, 9.17) is 11.6 Å². The summed E-state index contributed by atoms with van der Waals surface area (Å²) >= 11 is 7.11. The summed E-state index contributed by atoms with van der Waals surface area (Å²) in [5.41, 5.74) is 1.53. The lowest BCUT2D eigenvalue weighted by Crippen LogP contribution is -2.40. The van der Waals surface area contributed by atoms with Gasteiger partial charge in [0.25, 0.3) is 5.91 Å². The minimum Gasteiger partial charge on any atom is -0.350 e. The summed E-state index contributed by atoms with van der Waals surface area (Å²) in [5.74, 6) is -0.855. The number of carbonyl (C=O) groups is 2. The van der Waals surface area contributed by atoms with Gasteiger partial charge < -0.3 is 10.2 Å². The minimum absolute atomic E-state index is 0.0565. The number of halogens is 2. The van der Waals surface area contributed by atoms with Gasteiger partial charge in [0.1, 0.15) is 5.82 Å². The van der Waals surface area contributed by atoms with Gasteiger partial charge >= 0.3 is 0 Å². The van der Waals surface area contributed by atoms with Gasteiger partial charge in [-0.1, -0.05) is 29.8 Å². The molecule has 2 aromatic carbocycles. The lowest BCUT2D eigenvalue weighted by atomic mass is 10.1. The van der Waals surface area contributed by atoms with E-state index in [9.17, 15) is 14.0 Å². The van der Waals surface area contributed by atoms with Crippen molar-refractivity contribution in [1.82, 2.24) is 10.2 Å². The summed E-state index contributed by atoms with van der Waals surface area (Å²) in [6.07, 6.45) is 0. The van der Waals surface area contributed by atoms with Crippen molar-refractivity contribution in [3.05, 3.63) is 69.3 Å². The summed E-state index contributed by atoms with van der Waals surface area (Å²) in [5, 5.41) is 3.91. The predicted molar refractivity (Wildman–Crippen MR) is 111 cm³/mol. The summed E-state index contributed by atoms with van der Waals surface area (Å²) in [6, 6.07) is 12.0. The van der Waals surface area contributed by atoms with Gasteiger partial charge in [0.05, 0.1) is 11.4 Å². The van der Waals surface area contributed by atoms with Crippen molar-refractivity contribution in [3.8, 4) is 0 Å². The molecule has 0 radical (unpaired) electrons. The number of hydrogen-bond donors (Lipinski definition) is 1. The Morgan fingerprint density at radius 3 is 2.54 bits per heavy atom. The third-order valence-corrected chi connectivity index (χ3v) is 6.00. The molecule has 28 heavy (non-hydrogen) atoms. The quantitative estimate of drug-likeness (QED) is 0.626. The SMILES string of the molecule is CCN(CC(=O)NCc1ccc(Cl)cc1)C(=O)c1sc2cccc(F)c2c1C. The summed E-state index contributed by atoms with van der Waals surface area (Å²) in [6.45, 7) is 4.23. The monoisotopic (exact) mass is 418 g/mol. The van der Waals surface area contributed by atoms with Gasteiger partial charge in [-0.15, -0.1) is 11.3 Å². The van der Waals surface area contributed by atoms with Gasteiger partial charge in [0.2, 0.25) is 5.91 Å². The number of carbonyl (C=O) groups excluding carboxylic acids is 2. The lowest BCUT2D eigenvalue weighted by Gasteiger charge is -2.20. The molecule has 146 valence electrons. The molecule has 0 unspecified atom stereocenters. The maximum Gasteiger partial charge on any atom is 0.264 e. The van der Waals surface area contributed by atoms with Crippen molar-refractivity contribution in [2.75, 3.05) is 13.1 Å². The minimum atomic E-state index is -0.339. The summed E-state index contributed by atoms with van der Waals surface area (Å²) in [4.78, 5) is 27.2. The molecule has 0 aliphatic carbocycles. The number of benzene rings is 2. The number of amides is 2. The van der Waals surface area contributed by atoms with Crippen LogP contribution in [-0.4, -0.2) is 29.8 Å². The van der Waals surface area contributed by atoms with Crippen molar-refractivity contribution in [2.45, 2.75) is 20.4 Å². The van der Waals surface area contributed by atoms with Crippen LogP contribution in [0.3, 0.4) is 0 Å². The van der Waals surface area contributed by atoms with Crippen molar-refractivity contribution in [1.29, 1.82) is 0 Å². The number of hydrogen-bond acceptors (Lipinski definition) is 3. The molecule has 0 saturated heterocycles. The Labute approximate surface area is 171 Å². The Balaban J connectivity index is 1.70. The van der Waals surface area contributed by atoms with E-state index in [0.29, 0.717) is 33.9 Å². The Morgan fingerprint density at radius 2 is 1.89 bits per heavy atom. The first-order valence-corrected chi connectivity index (χ1v) is 10.1. The van der Waals surface area contributed by atoms with E-state index in [1.54, 1.807) is 31.2 Å². The van der Waals surface area contributed by atoms with Gasteiger partial charge in [-0.3, -0.25) is 9.59 Å². The molecule has 0 saturated carbocycles. The third-order valence-electron chi connectivity index (χ3n) is 4.50. The Bertz CT molecular complexity index is 1020. The fourth-order valence-electron chi connectivity index (χ4n) is 2.96. The highest BCUT2D eigenvalue weighted by Gasteiger charge is 2.23. The molecule has 0 spiro atoms. The number of rotatable bonds is 6. The zero-order chi connectivity index (χ0) is 20.3. The second-order valence-corrected chi connectivity index (χ2v) is 7.88. The molecule has 0 aliphatic rings. The molecule has 1 heterocycles. The standard InChI is InChI=1S/C21H20ClFN2O2S/c1-3-25(12-18(26)24-11-14-7-9-15(22)10-8-14)21(27)20-13(2)19-16(23)5-4-6-17(19)28-20/h4-10H,3,11-12H2,1-2H3,(H,24,26). The van der Waals surface area contributed by atoms with Crippen molar-refractivity contribution < 1.29 is 14.0 Å². The second-order valence-electron chi connectivity index (χ2n) is 6.39. The number of likely N-dealkylation sites (N-methyl/N-ethyl adjacent to an activating group) is 1. The maximum atomic E-state index is 14.1. The van der Waals surface area contributed by atoms with Gasteiger partial charge in [0.15, 0.2) is 0 Å². The zero-order valence-corrected chi connectivity index (χ0v) is 17.2. The predicted octanol–water partition coefficient (Wildman–Crippen LogP) is 4.78. The van der Waals surface area contributed by atoms with Crippen LogP contribution in [0.5, 0.6) is 0 Å². The van der Waals surface area contributed by atoms with E-state index in [0.717, 1.165) is 10.3 Å². The van der Waals surface area contributed by atoms with E-state index < -0.39 is 0 Å². The van der Waals surface area contributed by atoms with Crippen LogP contribution in [0, 0.1) is 12.7 Å². The van der Waals surface area contributed by atoms with Crippen LogP contribution in [-0.2, 0) is 11.3 Å². The fourth-order valence-corrected chi connectivity index (χ4v) is 4.28. The topological polar surface area (TPSA) is 49.4 Å². The molecule has 0 aliphatic heterocycles. The van der Waals surface area contributed by atoms with Crippen LogP contribution in [0.1, 0.15) is 27.7 Å². The van der Waals surface area contributed by atoms with Crippen molar-refractivity contribution >= 4 is 44.8 Å². The van der Waals surface area contributed by atoms with E-state index in [2.05, 4.69) is 5.32 Å². The summed E-state index contributed by atoms with van der Waals surface area (Å²) in [7, 11) is 0. The average Bonchev–Trinajstić information content (AvgIpc) is 3.03. The van der Waals surface area contributed by atoms with Crippen LogP contribution in [0.4, 0.5) is 4.39 Å². The highest BCUT2D eigenvalue weighted by molar-refractivity contribution is 7.21. The molecule has 3 aromatic rings. The molecule has 0 fully saturated rings. The molecule has 4 nitrogen and oxygen atoms in total. The highest BCUT2D eigenvalue weighted by Crippen LogP contribution is 2.33. The van der Waals surface area contributed by atoms with E-state index in [1.165, 1.54) is 22.3 Å². The summed E-state index contributed by atoms with van der Waals surface area (Å²) < 4.78 is 14.8. The molecule has 1 N–H and O–H groups in total. The third kappa shape index (κ3) is 4.34. The number of nitrogens with one attached hydrogen (secondary N) is 1. The van der Waals surface area contributed by atoms with Crippen LogP contribution >= 0.6 is 22.9 Å². The molecule has 0 atom stereocenters. The molecular formula is C21H20ClFN2O2S. The number of nitrogens with zero attached hydrogens (tertiary/aromatic N) is 1. The van der Waals surface area contributed by atoms with Crippen molar-refractivity contribution in [3.63, 3.8) is 0 Å². The van der Waals surface area contributed by atoms with Gasteiger partial charge in [0, 0.05) is 28.2 Å². The van der Waals surface area contributed by atoms with Crippen LogP contribution in [0.2, 0.25) is 5.02 Å². The van der Waals surface area contributed by atoms with E-state index in [1.807, 2.05) is 19.1 Å². The number of thiophene rings is 1. The molecular weight excluding hydrogens is 399 g/mol. The Morgan fingerprint density at radius 1 is 1.18 bits per heavy atom. The average molecular weight is 419 g/mol. The lowest BCUT2D eigenvalue weighted by molar-refractivity contribution is -0.121. The number of fused-ring (bicyclic) bond motifs is 1. The zero-order valence-electron chi connectivity index (χ0n) is 15.6. The smallest absolute Gasteiger partial charge is 0.264 e. The van der Waals surface area contributed by atoms with E-state index >= 15 is 0 Å². The first-order valence-electron chi connectivity index (χ1n) is 8.88. The Kier molecular flexibility index (Phi) is 6.31. The first-order chi connectivity index (χ1) is 13.4.